The van der Waals surface area contributed by atoms with Crippen LogP contribution >= 0.6 is 0 Å². The van der Waals surface area contributed by atoms with Gasteiger partial charge in [0.25, 0.3) is 0 Å². The Labute approximate surface area is 158 Å². The molecule has 0 bridgehead atoms. The van der Waals surface area contributed by atoms with Gasteiger partial charge in [-0.2, -0.15) is 10.5 Å². The first-order valence-corrected chi connectivity index (χ1v) is 9.27. The summed E-state index contributed by atoms with van der Waals surface area (Å²) in [4.78, 5) is 12.6. The Kier molecular flexibility index (Phi) is 4.95. The number of carbonyl (C=O) groups is 1. The number of ether oxygens (including phenoxy) is 1. The van der Waals surface area contributed by atoms with Crippen LogP contribution in [0.2, 0.25) is 0 Å². The van der Waals surface area contributed by atoms with Gasteiger partial charge in [-0.15, -0.1) is 0 Å². The number of hydrogen-bond donors (Lipinski definition) is 3. The predicted octanol–water partition coefficient (Wildman–Crippen LogP) is 0.550. The van der Waals surface area contributed by atoms with Crippen molar-refractivity contribution in [1.29, 1.82) is 10.5 Å². The standard InChI is InChI=1S/C19H22N6O2/c20-9-12-1-3-14(4-2-12)23-18-17-15(5-7-22-19(17)26)25(24-18)16-11-27-8-6-13(16)10-21/h1-4,13,15-18,23-24H,5-8,11H2,(H,22,26)/t13-,15?,16+,17?,18?/m1/s1. The van der Waals surface area contributed by atoms with Gasteiger partial charge in [0.1, 0.15) is 6.17 Å². The molecule has 0 spiro atoms. The number of nitrogens with zero attached hydrogens (tertiary/aromatic N) is 3. The lowest BCUT2D eigenvalue weighted by Gasteiger charge is -2.39. The minimum absolute atomic E-state index is 0.0113. The van der Waals surface area contributed by atoms with Crippen LogP contribution in [0, 0.1) is 34.5 Å². The van der Waals surface area contributed by atoms with Crippen LogP contribution in [0.15, 0.2) is 24.3 Å². The van der Waals surface area contributed by atoms with Gasteiger partial charge in [0, 0.05) is 24.9 Å². The zero-order chi connectivity index (χ0) is 18.8. The molecule has 3 aliphatic rings. The summed E-state index contributed by atoms with van der Waals surface area (Å²) in [6.45, 7) is 1.72. The van der Waals surface area contributed by atoms with Gasteiger partial charge >= 0.3 is 0 Å². The largest absolute Gasteiger partial charge is 0.380 e. The topological polar surface area (TPSA) is 113 Å². The van der Waals surface area contributed by atoms with E-state index in [0.29, 0.717) is 31.7 Å². The van der Waals surface area contributed by atoms with Crippen molar-refractivity contribution in [3.63, 3.8) is 0 Å². The molecular formula is C19H22N6O2. The number of anilines is 1. The van der Waals surface area contributed by atoms with Crippen molar-refractivity contribution in [3.05, 3.63) is 29.8 Å². The fraction of sp³-hybridized carbons (Fsp3) is 0.526. The Morgan fingerprint density at radius 2 is 2.00 bits per heavy atom. The highest BCUT2D eigenvalue weighted by Crippen LogP contribution is 2.33. The number of nitriles is 2. The number of rotatable bonds is 3. The van der Waals surface area contributed by atoms with Crippen LogP contribution in [0.3, 0.4) is 0 Å². The molecule has 1 aromatic rings. The monoisotopic (exact) mass is 366 g/mol. The van der Waals surface area contributed by atoms with Crippen LogP contribution in [-0.4, -0.2) is 48.9 Å². The lowest BCUT2D eigenvalue weighted by molar-refractivity contribution is -0.128. The number of hydrogen-bond acceptors (Lipinski definition) is 7. The van der Waals surface area contributed by atoms with Crippen LogP contribution in [-0.2, 0) is 9.53 Å². The Bertz CT molecular complexity index is 783. The zero-order valence-corrected chi connectivity index (χ0v) is 14.9. The van der Waals surface area contributed by atoms with Gasteiger partial charge in [0.05, 0.1) is 42.2 Å². The maximum absolute atomic E-state index is 12.6. The molecule has 3 heterocycles. The van der Waals surface area contributed by atoms with E-state index >= 15 is 0 Å². The normalized spacial score (nSPS) is 33.4. The Hall–Kier alpha value is -2.65. The maximum atomic E-state index is 12.6. The van der Waals surface area contributed by atoms with Gasteiger partial charge in [0.15, 0.2) is 0 Å². The summed E-state index contributed by atoms with van der Waals surface area (Å²) in [5.41, 5.74) is 4.86. The minimum Gasteiger partial charge on any atom is -0.380 e. The second kappa shape index (κ2) is 7.53. The smallest absolute Gasteiger partial charge is 0.228 e. The van der Waals surface area contributed by atoms with Crippen LogP contribution < -0.4 is 16.1 Å². The van der Waals surface area contributed by atoms with E-state index in [1.807, 2.05) is 12.1 Å². The number of fused-ring (bicyclic) bond motifs is 1. The third-order valence-electron chi connectivity index (χ3n) is 5.65. The molecule has 3 aliphatic heterocycles. The summed E-state index contributed by atoms with van der Waals surface area (Å²) < 4.78 is 5.63. The second-order valence-corrected chi connectivity index (χ2v) is 7.19. The number of hydrazine groups is 1. The summed E-state index contributed by atoms with van der Waals surface area (Å²) in [7, 11) is 0. The van der Waals surface area contributed by atoms with Crippen molar-refractivity contribution in [2.75, 3.05) is 25.1 Å². The number of nitrogens with one attached hydrogen (secondary N) is 3. The van der Waals surface area contributed by atoms with Gasteiger partial charge in [-0.05, 0) is 37.1 Å². The molecule has 0 aliphatic carbocycles. The highest BCUT2D eigenvalue weighted by Gasteiger charge is 2.51. The lowest BCUT2D eigenvalue weighted by Crippen LogP contribution is -2.56. The molecule has 3 saturated heterocycles. The maximum Gasteiger partial charge on any atom is 0.228 e. The summed E-state index contributed by atoms with van der Waals surface area (Å²) in [5.74, 6) is -0.376. The third-order valence-corrected chi connectivity index (χ3v) is 5.65. The lowest BCUT2D eigenvalue weighted by atomic mass is 9.88. The quantitative estimate of drug-likeness (QED) is 0.716. The molecule has 8 nitrogen and oxygen atoms in total. The van der Waals surface area contributed by atoms with Gasteiger partial charge in [-0.3, -0.25) is 4.79 Å². The van der Waals surface area contributed by atoms with Crippen molar-refractivity contribution in [2.24, 2.45) is 11.8 Å². The average molecular weight is 366 g/mol. The van der Waals surface area contributed by atoms with Crippen LogP contribution in [0.25, 0.3) is 0 Å². The molecule has 0 saturated carbocycles. The molecule has 3 fully saturated rings. The van der Waals surface area contributed by atoms with Crippen LogP contribution in [0.1, 0.15) is 18.4 Å². The summed E-state index contributed by atoms with van der Waals surface area (Å²) in [5, 5.41) is 26.9. The number of piperidine rings is 1. The minimum atomic E-state index is -0.287. The van der Waals surface area contributed by atoms with E-state index < -0.39 is 0 Å². The van der Waals surface area contributed by atoms with Crippen molar-refractivity contribution < 1.29 is 9.53 Å². The van der Waals surface area contributed by atoms with Crippen LogP contribution in [0.5, 0.6) is 0 Å². The van der Waals surface area contributed by atoms with Crippen molar-refractivity contribution in [3.8, 4) is 12.1 Å². The molecule has 0 aromatic heterocycles. The molecule has 4 rings (SSSR count). The van der Waals surface area contributed by atoms with Gasteiger partial charge < -0.3 is 15.4 Å². The van der Waals surface area contributed by atoms with Crippen LogP contribution in [0.4, 0.5) is 5.69 Å². The molecular weight excluding hydrogens is 344 g/mol. The van der Waals surface area contributed by atoms with Gasteiger partial charge in [-0.1, -0.05) is 0 Å². The van der Waals surface area contributed by atoms with E-state index in [2.05, 4.69) is 33.2 Å². The Balaban J connectivity index is 1.57. The Morgan fingerprint density at radius 3 is 2.74 bits per heavy atom. The molecule has 8 heteroatoms. The first kappa shape index (κ1) is 17.7. The molecule has 1 aromatic carbocycles. The van der Waals surface area contributed by atoms with Gasteiger partial charge in [-0.25, -0.2) is 10.4 Å². The molecule has 0 radical (unpaired) electrons. The highest BCUT2D eigenvalue weighted by atomic mass is 16.5. The van der Waals surface area contributed by atoms with E-state index in [0.717, 1.165) is 12.1 Å². The molecule has 3 unspecified atom stereocenters. The van der Waals surface area contributed by atoms with E-state index in [4.69, 9.17) is 10.00 Å². The Morgan fingerprint density at radius 1 is 1.19 bits per heavy atom. The summed E-state index contributed by atoms with van der Waals surface area (Å²) in [6, 6.07) is 11.6. The predicted molar refractivity (Wildman–Crippen MR) is 96.8 cm³/mol. The summed E-state index contributed by atoms with van der Waals surface area (Å²) in [6.07, 6.45) is 1.24. The SMILES string of the molecule is N#Cc1ccc(NC2NN([C@H]3COCC[C@@H]3C#N)C3CCNC(=O)C23)cc1. The van der Waals surface area contributed by atoms with E-state index in [1.54, 1.807) is 12.1 Å². The number of amides is 1. The molecule has 5 atom stereocenters. The third kappa shape index (κ3) is 3.35. The average Bonchev–Trinajstić information content (AvgIpc) is 3.08. The van der Waals surface area contributed by atoms with Gasteiger partial charge in [0.2, 0.25) is 5.91 Å². The fourth-order valence-electron chi connectivity index (χ4n) is 4.27. The highest BCUT2D eigenvalue weighted by molar-refractivity contribution is 5.82. The first-order valence-electron chi connectivity index (χ1n) is 9.27. The van der Waals surface area contributed by atoms with E-state index in [1.165, 1.54) is 0 Å². The molecule has 3 N–H and O–H groups in total. The summed E-state index contributed by atoms with van der Waals surface area (Å²) >= 11 is 0. The number of carbonyl (C=O) groups excluding carboxylic acids is 1. The van der Waals surface area contributed by atoms with E-state index in [9.17, 15) is 10.1 Å². The second-order valence-electron chi connectivity index (χ2n) is 7.19. The molecule has 140 valence electrons. The van der Waals surface area contributed by atoms with Crippen molar-refractivity contribution >= 4 is 11.6 Å². The first-order chi connectivity index (χ1) is 13.2. The molecule has 1 amide bonds. The van der Waals surface area contributed by atoms with Crippen molar-refractivity contribution in [1.82, 2.24) is 15.8 Å². The molecule has 27 heavy (non-hydrogen) atoms. The van der Waals surface area contributed by atoms with E-state index in [-0.39, 0.29) is 36.0 Å². The number of benzene rings is 1. The van der Waals surface area contributed by atoms with Crippen molar-refractivity contribution in [2.45, 2.75) is 31.1 Å². The zero-order valence-electron chi connectivity index (χ0n) is 14.9. The fourth-order valence-corrected chi connectivity index (χ4v) is 4.27.